The molecule has 0 fully saturated rings. The highest BCUT2D eigenvalue weighted by atomic mass is 32.2. The Labute approximate surface area is 195 Å². The van der Waals surface area contributed by atoms with Gasteiger partial charge in [0.05, 0.1) is 23.2 Å². The van der Waals surface area contributed by atoms with Crippen molar-refractivity contribution >= 4 is 23.5 Å². The van der Waals surface area contributed by atoms with Gasteiger partial charge in [0, 0.05) is 11.4 Å². The number of ether oxygens (including phenoxy) is 1. The number of anilines is 1. The maximum Gasteiger partial charge on any atom is 0.337 e. The summed E-state index contributed by atoms with van der Waals surface area (Å²) in [6.07, 6.45) is -0.347. The van der Waals surface area contributed by atoms with Gasteiger partial charge in [0.25, 0.3) is 5.56 Å². The minimum absolute atomic E-state index is 0.256. The lowest BCUT2D eigenvalue weighted by Gasteiger charge is -2.29. The molecule has 8 heteroatoms. The van der Waals surface area contributed by atoms with Crippen molar-refractivity contribution in [2.24, 2.45) is 0 Å². The molecule has 0 amide bonds. The number of hydrogen-bond acceptors (Lipinski definition) is 6. The molecule has 1 aromatic heterocycles. The minimum Gasteiger partial charge on any atom is -0.460 e. The maximum absolute atomic E-state index is 14.1. The molecule has 1 unspecified atom stereocenters. The number of aromatic amines is 1. The largest absolute Gasteiger partial charge is 0.460 e. The predicted octanol–water partition coefficient (Wildman–Crippen LogP) is 4.98. The average molecular weight is 466 g/mol. The van der Waals surface area contributed by atoms with Crippen LogP contribution in [0, 0.1) is 5.82 Å². The molecule has 4 rings (SSSR count). The number of thioether (sulfide) groups is 1. The van der Waals surface area contributed by atoms with E-state index in [2.05, 4.69) is 15.3 Å². The summed E-state index contributed by atoms with van der Waals surface area (Å²) in [5.41, 5.74) is 2.22. The Morgan fingerprint density at radius 1 is 1.18 bits per heavy atom. The third-order valence-corrected chi connectivity index (χ3v) is 6.13. The molecule has 1 atom stereocenters. The number of rotatable bonds is 6. The number of esters is 1. The highest BCUT2D eigenvalue weighted by Crippen LogP contribution is 2.40. The number of benzene rings is 2. The number of hydrogen-bond donors (Lipinski definition) is 2. The molecule has 2 heterocycles. The molecule has 0 spiro atoms. The van der Waals surface area contributed by atoms with Crippen LogP contribution < -0.4 is 10.9 Å². The number of allylic oxidation sites excluding steroid dienone is 1. The van der Waals surface area contributed by atoms with Gasteiger partial charge in [-0.15, -0.1) is 0 Å². The molecule has 0 radical (unpaired) electrons. The molecule has 6 nitrogen and oxygen atoms in total. The van der Waals surface area contributed by atoms with Gasteiger partial charge in [0.15, 0.2) is 5.16 Å². The Bertz CT molecular complexity index is 1270. The maximum atomic E-state index is 14.1. The van der Waals surface area contributed by atoms with Gasteiger partial charge in [-0.2, -0.15) is 0 Å². The van der Waals surface area contributed by atoms with Crippen LogP contribution in [0.5, 0.6) is 0 Å². The molecule has 1 aliphatic heterocycles. The fraction of sp³-hybridized carbons (Fsp3) is 0.240. The third-order valence-electron chi connectivity index (χ3n) is 5.18. The van der Waals surface area contributed by atoms with Crippen LogP contribution >= 0.6 is 11.8 Å². The molecule has 0 saturated carbocycles. The van der Waals surface area contributed by atoms with E-state index in [1.54, 1.807) is 32.9 Å². The zero-order chi connectivity index (χ0) is 23.5. The summed E-state index contributed by atoms with van der Waals surface area (Å²) in [6.45, 7) is 5.23. The van der Waals surface area contributed by atoms with Crippen molar-refractivity contribution in [2.75, 3.05) is 5.32 Å². The van der Waals surface area contributed by atoms with Crippen molar-refractivity contribution < 1.29 is 13.9 Å². The van der Waals surface area contributed by atoms with Crippen LogP contribution in [-0.2, 0) is 15.3 Å². The molecule has 0 saturated heterocycles. The number of carbonyl (C=O) groups excluding carboxylic acids is 1. The fourth-order valence-electron chi connectivity index (χ4n) is 3.79. The van der Waals surface area contributed by atoms with Gasteiger partial charge in [0.1, 0.15) is 11.6 Å². The first-order valence-electron chi connectivity index (χ1n) is 10.6. The van der Waals surface area contributed by atoms with Crippen LogP contribution in [0.4, 0.5) is 10.2 Å². The van der Waals surface area contributed by atoms with Crippen molar-refractivity contribution in [1.82, 2.24) is 9.97 Å². The van der Waals surface area contributed by atoms with E-state index in [0.717, 1.165) is 5.56 Å². The lowest BCUT2D eigenvalue weighted by molar-refractivity contribution is -0.143. The average Bonchev–Trinajstić information content (AvgIpc) is 2.77. The fourth-order valence-corrected chi connectivity index (χ4v) is 4.61. The van der Waals surface area contributed by atoms with Crippen LogP contribution in [0.15, 0.2) is 75.8 Å². The van der Waals surface area contributed by atoms with Crippen LogP contribution in [0.1, 0.15) is 43.4 Å². The van der Waals surface area contributed by atoms with Gasteiger partial charge in [0.2, 0.25) is 0 Å². The SMILES string of the molecule is CC1=C(C(=O)OC(C)C)C(c2cccc(F)c2)c2c(nc(SCc3ccccc3)[nH]c2=O)N1. The van der Waals surface area contributed by atoms with Gasteiger partial charge < -0.3 is 15.0 Å². The molecule has 1 aliphatic rings. The number of nitrogens with one attached hydrogen (secondary N) is 2. The van der Waals surface area contributed by atoms with Gasteiger partial charge in [-0.1, -0.05) is 54.2 Å². The van der Waals surface area contributed by atoms with Gasteiger partial charge in [-0.3, -0.25) is 4.79 Å². The summed E-state index contributed by atoms with van der Waals surface area (Å²) in [7, 11) is 0. The van der Waals surface area contributed by atoms with Crippen molar-refractivity contribution in [1.29, 1.82) is 0 Å². The van der Waals surface area contributed by atoms with E-state index in [4.69, 9.17) is 4.74 Å². The Kier molecular flexibility index (Phi) is 6.65. The van der Waals surface area contributed by atoms with Gasteiger partial charge >= 0.3 is 5.97 Å². The molecule has 170 valence electrons. The normalized spacial score (nSPS) is 15.2. The Balaban J connectivity index is 1.77. The summed E-state index contributed by atoms with van der Waals surface area (Å²) in [6, 6.07) is 15.7. The van der Waals surface area contributed by atoms with E-state index >= 15 is 0 Å². The Hall–Kier alpha value is -3.39. The highest BCUT2D eigenvalue weighted by molar-refractivity contribution is 7.98. The summed E-state index contributed by atoms with van der Waals surface area (Å²) in [5, 5.41) is 3.55. The quantitative estimate of drug-likeness (QED) is 0.303. The van der Waals surface area contributed by atoms with Crippen LogP contribution in [0.2, 0.25) is 0 Å². The van der Waals surface area contributed by atoms with E-state index in [1.165, 1.54) is 23.9 Å². The zero-order valence-electron chi connectivity index (χ0n) is 18.5. The predicted molar refractivity (Wildman–Crippen MR) is 127 cm³/mol. The first-order chi connectivity index (χ1) is 15.8. The molecule has 3 aromatic rings. The summed E-state index contributed by atoms with van der Waals surface area (Å²) in [5.74, 6) is -0.843. The number of fused-ring (bicyclic) bond motifs is 1. The Morgan fingerprint density at radius 3 is 2.64 bits per heavy atom. The standard InChI is InChI=1S/C25H24FN3O3S/c1-14(2)32-24(31)19-15(3)27-22-21(20(19)17-10-7-11-18(26)12-17)23(30)29-25(28-22)33-13-16-8-5-4-6-9-16/h4-12,14,20H,13H2,1-3H3,(H2,27,28,29,30). The zero-order valence-corrected chi connectivity index (χ0v) is 19.3. The number of carbonyl (C=O) groups is 1. The third kappa shape index (κ3) is 5.01. The molecule has 0 bridgehead atoms. The van der Waals surface area contributed by atoms with Crippen molar-refractivity contribution in [2.45, 2.75) is 43.7 Å². The lowest BCUT2D eigenvalue weighted by Crippen LogP contribution is -2.31. The second-order valence-corrected chi connectivity index (χ2v) is 8.98. The highest BCUT2D eigenvalue weighted by Gasteiger charge is 2.36. The summed E-state index contributed by atoms with van der Waals surface area (Å²) >= 11 is 1.40. The molecule has 0 aliphatic carbocycles. The number of nitrogens with zero attached hydrogens (tertiary/aromatic N) is 1. The van der Waals surface area contributed by atoms with E-state index in [1.807, 2.05) is 30.3 Å². The van der Waals surface area contributed by atoms with Crippen molar-refractivity contribution in [3.63, 3.8) is 0 Å². The van der Waals surface area contributed by atoms with Crippen LogP contribution in [-0.4, -0.2) is 22.0 Å². The molecular weight excluding hydrogens is 441 g/mol. The lowest BCUT2D eigenvalue weighted by atomic mass is 9.82. The number of aromatic nitrogens is 2. The monoisotopic (exact) mass is 465 g/mol. The molecule has 2 aromatic carbocycles. The smallest absolute Gasteiger partial charge is 0.337 e. The number of halogens is 1. The van der Waals surface area contributed by atoms with E-state index < -0.39 is 17.7 Å². The topological polar surface area (TPSA) is 84.1 Å². The van der Waals surface area contributed by atoms with E-state index in [-0.39, 0.29) is 22.8 Å². The minimum atomic E-state index is -0.812. The van der Waals surface area contributed by atoms with Crippen LogP contribution in [0.25, 0.3) is 0 Å². The van der Waals surface area contributed by atoms with E-state index in [0.29, 0.717) is 28.0 Å². The summed E-state index contributed by atoms with van der Waals surface area (Å²) < 4.78 is 19.5. The van der Waals surface area contributed by atoms with Crippen molar-refractivity contribution in [3.05, 3.63) is 98.7 Å². The molecular formula is C25H24FN3O3S. The molecule has 2 N–H and O–H groups in total. The first kappa shape index (κ1) is 22.8. The van der Waals surface area contributed by atoms with Crippen molar-refractivity contribution in [3.8, 4) is 0 Å². The van der Waals surface area contributed by atoms with E-state index in [9.17, 15) is 14.0 Å². The second-order valence-electron chi connectivity index (χ2n) is 8.01. The van der Waals surface area contributed by atoms with Crippen LogP contribution in [0.3, 0.4) is 0 Å². The van der Waals surface area contributed by atoms with Gasteiger partial charge in [-0.05, 0) is 44.0 Å². The number of H-pyrrole nitrogens is 1. The first-order valence-corrected chi connectivity index (χ1v) is 11.6. The Morgan fingerprint density at radius 2 is 1.94 bits per heavy atom. The van der Waals surface area contributed by atoms with Gasteiger partial charge in [-0.25, -0.2) is 14.2 Å². The second kappa shape index (κ2) is 9.62. The molecule has 33 heavy (non-hydrogen) atoms. The summed E-state index contributed by atoms with van der Waals surface area (Å²) in [4.78, 5) is 33.7.